The zero-order chi connectivity index (χ0) is 22.0. The maximum absolute atomic E-state index is 13.1. The van der Waals surface area contributed by atoms with Crippen molar-refractivity contribution in [3.63, 3.8) is 0 Å². The molecular formula is C24H26ClN3O3. The fourth-order valence-corrected chi connectivity index (χ4v) is 4.59. The molecule has 2 aromatic rings. The molecule has 0 saturated carbocycles. The van der Waals surface area contributed by atoms with Gasteiger partial charge in [-0.1, -0.05) is 48.9 Å². The van der Waals surface area contributed by atoms with Crippen LogP contribution in [0.15, 0.2) is 48.5 Å². The minimum absolute atomic E-state index is 0.00493. The molecular weight excluding hydrogens is 414 g/mol. The number of carbonyl (C=O) groups is 3. The molecule has 2 aromatic carbocycles. The third-order valence-electron chi connectivity index (χ3n) is 6.12. The molecule has 0 unspecified atom stereocenters. The predicted octanol–water partition coefficient (Wildman–Crippen LogP) is 3.24. The van der Waals surface area contributed by atoms with E-state index in [2.05, 4.69) is 6.92 Å². The minimum atomic E-state index is -0.344. The number of hydrogen-bond donors (Lipinski definition) is 0. The maximum Gasteiger partial charge on any atom is 0.255 e. The molecule has 0 N–H and O–H groups in total. The quantitative estimate of drug-likeness (QED) is 0.734. The van der Waals surface area contributed by atoms with Gasteiger partial charge in [-0.15, -0.1) is 0 Å². The van der Waals surface area contributed by atoms with E-state index in [1.807, 2.05) is 24.3 Å². The molecule has 2 fully saturated rings. The van der Waals surface area contributed by atoms with Gasteiger partial charge in [0, 0.05) is 44.8 Å². The number of para-hydroxylation sites is 1. The van der Waals surface area contributed by atoms with E-state index >= 15 is 0 Å². The standard InChI is InChI=1S/C24H26ClN3O3/c1-2-17-7-3-6-10-21(17)28-16-18(15-22(28)29)23(30)26-11-13-27(14-12-26)24(31)19-8-4-5-9-20(19)25/h3-10,18H,2,11-16H2,1H3/t18-/m0/s1. The Morgan fingerprint density at radius 3 is 2.32 bits per heavy atom. The van der Waals surface area contributed by atoms with Crippen LogP contribution in [0.5, 0.6) is 0 Å². The van der Waals surface area contributed by atoms with Gasteiger partial charge in [0.1, 0.15) is 0 Å². The summed E-state index contributed by atoms with van der Waals surface area (Å²) in [5.41, 5.74) is 2.49. The molecule has 0 aromatic heterocycles. The number of halogens is 1. The summed E-state index contributed by atoms with van der Waals surface area (Å²) in [6.45, 7) is 4.31. The largest absolute Gasteiger partial charge is 0.339 e. The summed E-state index contributed by atoms with van der Waals surface area (Å²) in [5.74, 6) is -0.472. The molecule has 3 amide bonds. The molecule has 0 aliphatic carbocycles. The smallest absolute Gasteiger partial charge is 0.255 e. The average Bonchev–Trinajstić information content (AvgIpc) is 3.20. The van der Waals surface area contributed by atoms with Crippen molar-refractivity contribution in [1.82, 2.24) is 9.80 Å². The van der Waals surface area contributed by atoms with Gasteiger partial charge in [0.2, 0.25) is 11.8 Å². The molecule has 0 radical (unpaired) electrons. The first kappa shape index (κ1) is 21.4. The first-order valence-electron chi connectivity index (χ1n) is 10.7. The Bertz CT molecular complexity index is 1000. The van der Waals surface area contributed by atoms with E-state index in [0.29, 0.717) is 43.3 Å². The second-order valence-corrected chi connectivity index (χ2v) is 8.39. The van der Waals surface area contributed by atoms with Crippen LogP contribution in [0.4, 0.5) is 5.69 Å². The zero-order valence-electron chi connectivity index (χ0n) is 17.6. The Labute approximate surface area is 187 Å². The van der Waals surface area contributed by atoms with Crippen molar-refractivity contribution in [2.45, 2.75) is 19.8 Å². The number of nitrogens with zero attached hydrogens (tertiary/aromatic N) is 3. The van der Waals surface area contributed by atoms with Crippen molar-refractivity contribution >= 4 is 35.0 Å². The van der Waals surface area contributed by atoms with Crippen molar-refractivity contribution in [3.8, 4) is 0 Å². The van der Waals surface area contributed by atoms with E-state index in [0.717, 1.165) is 17.7 Å². The average molecular weight is 440 g/mol. The molecule has 7 heteroatoms. The SMILES string of the molecule is CCc1ccccc1N1C[C@@H](C(=O)N2CCN(C(=O)c3ccccc3Cl)CC2)CC1=O. The number of hydrogen-bond acceptors (Lipinski definition) is 3. The second-order valence-electron chi connectivity index (χ2n) is 7.98. The number of carbonyl (C=O) groups excluding carboxylic acids is 3. The Kier molecular flexibility index (Phi) is 6.28. The summed E-state index contributed by atoms with van der Waals surface area (Å²) in [5, 5.41) is 0.433. The van der Waals surface area contributed by atoms with Gasteiger partial charge in [0.05, 0.1) is 16.5 Å². The Morgan fingerprint density at radius 1 is 0.968 bits per heavy atom. The van der Waals surface area contributed by atoms with E-state index in [4.69, 9.17) is 11.6 Å². The van der Waals surface area contributed by atoms with Gasteiger partial charge < -0.3 is 14.7 Å². The molecule has 2 heterocycles. The maximum atomic E-state index is 13.1. The van der Waals surface area contributed by atoms with E-state index in [9.17, 15) is 14.4 Å². The van der Waals surface area contributed by atoms with Gasteiger partial charge in [-0.3, -0.25) is 14.4 Å². The van der Waals surface area contributed by atoms with Gasteiger partial charge in [0.15, 0.2) is 0 Å². The van der Waals surface area contributed by atoms with Crippen LogP contribution in [0.1, 0.15) is 29.3 Å². The van der Waals surface area contributed by atoms with Gasteiger partial charge >= 0.3 is 0 Å². The Hall–Kier alpha value is -2.86. The highest BCUT2D eigenvalue weighted by molar-refractivity contribution is 6.33. The van der Waals surface area contributed by atoms with Gasteiger partial charge in [0.25, 0.3) is 5.91 Å². The zero-order valence-corrected chi connectivity index (χ0v) is 18.3. The van der Waals surface area contributed by atoms with Crippen LogP contribution in [0.3, 0.4) is 0 Å². The van der Waals surface area contributed by atoms with Crippen molar-refractivity contribution < 1.29 is 14.4 Å². The topological polar surface area (TPSA) is 60.9 Å². The lowest BCUT2D eigenvalue weighted by Gasteiger charge is -2.36. The third-order valence-corrected chi connectivity index (χ3v) is 6.45. The van der Waals surface area contributed by atoms with E-state index in [-0.39, 0.29) is 30.1 Å². The number of rotatable bonds is 4. The number of amides is 3. The third kappa shape index (κ3) is 4.30. The fourth-order valence-electron chi connectivity index (χ4n) is 4.37. The number of piperazine rings is 1. The van der Waals surface area contributed by atoms with Gasteiger partial charge in [-0.2, -0.15) is 0 Å². The monoisotopic (exact) mass is 439 g/mol. The minimum Gasteiger partial charge on any atom is -0.339 e. The highest BCUT2D eigenvalue weighted by atomic mass is 35.5. The lowest BCUT2D eigenvalue weighted by molar-refractivity contribution is -0.137. The summed E-state index contributed by atoms with van der Waals surface area (Å²) in [6.07, 6.45) is 1.07. The lowest BCUT2D eigenvalue weighted by Crippen LogP contribution is -2.52. The van der Waals surface area contributed by atoms with Crippen LogP contribution in [-0.4, -0.2) is 60.2 Å². The van der Waals surface area contributed by atoms with Crippen LogP contribution >= 0.6 is 11.6 Å². The normalized spacial score (nSPS) is 19.1. The Morgan fingerprint density at radius 2 is 1.61 bits per heavy atom. The molecule has 162 valence electrons. The van der Waals surface area contributed by atoms with Crippen molar-refractivity contribution in [1.29, 1.82) is 0 Å². The van der Waals surface area contributed by atoms with Crippen molar-refractivity contribution in [2.75, 3.05) is 37.6 Å². The first-order chi connectivity index (χ1) is 15.0. The first-order valence-corrected chi connectivity index (χ1v) is 11.1. The fraction of sp³-hybridized carbons (Fsp3) is 0.375. The Balaban J connectivity index is 1.38. The molecule has 31 heavy (non-hydrogen) atoms. The molecule has 0 spiro atoms. The molecule has 2 saturated heterocycles. The summed E-state index contributed by atoms with van der Waals surface area (Å²) >= 11 is 6.15. The number of aryl methyl sites for hydroxylation is 1. The lowest BCUT2D eigenvalue weighted by atomic mass is 10.1. The van der Waals surface area contributed by atoms with E-state index < -0.39 is 0 Å². The summed E-state index contributed by atoms with van der Waals surface area (Å²) in [7, 11) is 0. The van der Waals surface area contributed by atoms with Crippen LogP contribution in [-0.2, 0) is 16.0 Å². The van der Waals surface area contributed by atoms with Crippen molar-refractivity contribution in [3.05, 3.63) is 64.7 Å². The van der Waals surface area contributed by atoms with Gasteiger partial charge in [-0.25, -0.2) is 0 Å². The van der Waals surface area contributed by atoms with Crippen LogP contribution in [0, 0.1) is 5.92 Å². The number of anilines is 1. The van der Waals surface area contributed by atoms with Crippen LogP contribution in [0.2, 0.25) is 5.02 Å². The molecule has 6 nitrogen and oxygen atoms in total. The highest BCUT2D eigenvalue weighted by Gasteiger charge is 2.38. The van der Waals surface area contributed by atoms with E-state index in [1.165, 1.54) is 0 Å². The van der Waals surface area contributed by atoms with Gasteiger partial charge in [-0.05, 0) is 30.2 Å². The number of benzene rings is 2. The van der Waals surface area contributed by atoms with Crippen molar-refractivity contribution in [2.24, 2.45) is 5.92 Å². The molecule has 2 aliphatic heterocycles. The van der Waals surface area contributed by atoms with Crippen LogP contribution < -0.4 is 4.90 Å². The second kappa shape index (κ2) is 9.10. The molecule has 0 bridgehead atoms. The predicted molar refractivity (Wildman–Crippen MR) is 120 cm³/mol. The van der Waals surface area contributed by atoms with Crippen LogP contribution in [0.25, 0.3) is 0 Å². The molecule has 4 rings (SSSR count). The summed E-state index contributed by atoms with van der Waals surface area (Å²) in [4.78, 5) is 43.8. The summed E-state index contributed by atoms with van der Waals surface area (Å²) in [6, 6.07) is 14.9. The highest BCUT2D eigenvalue weighted by Crippen LogP contribution is 2.29. The summed E-state index contributed by atoms with van der Waals surface area (Å²) < 4.78 is 0. The molecule has 2 aliphatic rings. The van der Waals surface area contributed by atoms with E-state index in [1.54, 1.807) is 39.0 Å². The molecule has 1 atom stereocenters.